The molecular weight excluding hydrogens is 340 g/mol. The summed E-state index contributed by atoms with van der Waals surface area (Å²) in [6, 6.07) is 5.94. The van der Waals surface area contributed by atoms with Gasteiger partial charge in [-0.1, -0.05) is 58.9 Å². The number of rotatable bonds is 4. The summed E-state index contributed by atoms with van der Waals surface area (Å²) in [5.41, 5.74) is 2.08. The average Bonchev–Trinajstić information content (AvgIpc) is 2.47. The fourth-order valence-corrected chi connectivity index (χ4v) is 3.56. The number of carbonyl (C=O) groups is 1. The Morgan fingerprint density at radius 2 is 2.10 bits per heavy atom. The Hall–Kier alpha value is -0.540. The second-order valence-corrected chi connectivity index (χ2v) is 6.55. The van der Waals surface area contributed by atoms with E-state index in [9.17, 15) is 4.79 Å². The number of esters is 1. The summed E-state index contributed by atoms with van der Waals surface area (Å²) in [5.74, 6) is 0.302. The smallest absolute Gasteiger partial charge is 0.324 e. The lowest BCUT2D eigenvalue weighted by molar-refractivity contribution is -0.142. The quantitative estimate of drug-likeness (QED) is 0.532. The average molecular weight is 360 g/mol. The maximum Gasteiger partial charge on any atom is 0.324 e. The van der Waals surface area contributed by atoms with E-state index < -0.39 is 4.83 Å². The van der Waals surface area contributed by atoms with Crippen LogP contribution in [-0.4, -0.2) is 12.6 Å². The zero-order valence-electron chi connectivity index (χ0n) is 11.7. The Labute approximate surface area is 134 Å². The fourth-order valence-electron chi connectivity index (χ4n) is 2.80. The Morgan fingerprint density at radius 3 is 2.70 bits per heavy atom. The topological polar surface area (TPSA) is 26.3 Å². The summed E-state index contributed by atoms with van der Waals surface area (Å²) in [6.07, 6.45) is 6.33. The predicted octanol–water partition coefficient (Wildman–Crippen LogP) is 5.39. The number of halogens is 2. The fraction of sp³-hybridized carbons (Fsp3) is 0.562. The van der Waals surface area contributed by atoms with Crippen LogP contribution in [0, 0.1) is 0 Å². The molecule has 0 saturated heterocycles. The van der Waals surface area contributed by atoms with E-state index in [2.05, 4.69) is 22.0 Å². The molecule has 4 heteroatoms. The molecule has 1 aromatic carbocycles. The van der Waals surface area contributed by atoms with Crippen molar-refractivity contribution in [3.05, 3.63) is 34.3 Å². The molecule has 1 saturated carbocycles. The van der Waals surface area contributed by atoms with Crippen molar-refractivity contribution in [2.75, 3.05) is 6.61 Å². The molecule has 1 atom stereocenters. The first kappa shape index (κ1) is 15.8. The van der Waals surface area contributed by atoms with Crippen LogP contribution in [0.3, 0.4) is 0 Å². The number of benzene rings is 1. The number of hydrogen-bond acceptors (Lipinski definition) is 2. The van der Waals surface area contributed by atoms with Crippen LogP contribution in [-0.2, 0) is 9.53 Å². The van der Waals surface area contributed by atoms with Crippen molar-refractivity contribution in [3.8, 4) is 0 Å². The van der Waals surface area contributed by atoms with Crippen molar-refractivity contribution in [2.45, 2.75) is 49.8 Å². The van der Waals surface area contributed by atoms with E-state index in [0.717, 1.165) is 10.6 Å². The molecule has 1 unspecified atom stereocenters. The number of hydrogen-bond donors (Lipinski definition) is 0. The second-order valence-electron chi connectivity index (χ2n) is 5.23. The molecule has 1 aliphatic rings. The maximum absolute atomic E-state index is 11.7. The van der Waals surface area contributed by atoms with Crippen molar-refractivity contribution >= 4 is 33.5 Å². The highest BCUT2D eigenvalue weighted by Crippen LogP contribution is 2.38. The van der Waals surface area contributed by atoms with E-state index in [1.54, 1.807) is 6.92 Å². The first-order chi connectivity index (χ1) is 9.63. The lowest BCUT2D eigenvalue weighted by Crippen LogP contribution is -2.11. The highest BCUT2D eigenvalue weighted by Gasteiger charge is 2.22. The summed E-state index contributed by atoms with van der Waals surface area (Å²) >= 11 is 9.79. The summed E-state index contributed by atoms with van der Waals surface area (Å²) in [6.45, 7) is 2.19. The van der Waals surface area contributed by atoms with E-state index in [1.807, 2.05) is 12.1 Å². The third-order valence-corrected chi connectivity index (χ3v) is 5.09. The molecule has 0 spiro atoms. The molecule has 0 N–H and O–H groups in total. The standard InChI is InChI=1S/C16H20BrClO2/c1-2-20-16(19)15(17)12-8-9-13(14(18)10-12)11-6-4-3-5-7-11/h8-11,15H,2-7H2,1H3. The van der Waals surface area contributed by atoms with Gasteiger partial charge in [0.15, 0.2) is 0 Å². The van der Waals surface area contributed by atoms with Crippen molar-refractivity contribution < 1.29 is 9.53 Å². The van der Waals surface area contributed by atoms with Gasteiger partial charge >= 0.3 is 5.97 Å². The normalized spacial score (nSPS) is 17.8. The summed E-state index contributed by atoms with van der Waals surface area (Å²) in [5, 5.41) is 0.767. The largest absolute Gasteiger partial charge is 0.465 e. The third kappa shape index (κ3) is 3.76. The van der Waals surface area contributed by atoms with Crippen molar-refractivity contribution in [2.24, 2.45) is 0 Å². The molecule has 0 bridgehead atoms. The minimum atomic E-state index is -0.444. The molecule has 2 nitrogen and oxygen atoms in total. The van der Waals surface area contributed by atoms with Gasteiger partial charge in [0.1, 0.15) is 4.83 Å². The highest BCUT2D eigenvalue weighted by molar-refractivity contribution is 9.09. The molecule has 0 aliphatic heterocycles. The molecule has 0 radical (unpaired) electrons. The molecular formula is C16H20BrClO2. The van der Waals surface area contributed by atoms with Crippen LogP contribution in [0.5, 0.6) is 0 Å². The lowest BCUT2D eigenvalue weighted by atomic mass is 9.84. The molecule has 0 heterocycles. The lowest BCUT2D eigenvalue weighted by Gasteiger charge is -2.23. The minimum absolute atomic E-state index is 0.269. The van der Waals surface area contributed by atoms with E-state index in [1.165, 1.54) is 37.7 Å². The van der Waals surface area contributed by atoms with Crippen molar-refractivity contribution in [1.29, 1.82) is 0 Å². The predicted molar refractivity (Wildman–Crippen MR) is 85.6 cm³/mol. The number of carbonyl (C=O) groups excluding carboxylic acids is 1. The van der Waals surface area contributed by atoms with Gasteiger partial charge in [0.25, 0.3) is 0 Å². The van der Waals surface area contributed by atoms with Gasteiger partial charge in [0.2, 0.25) is 0 Å². The number of ether oxygens (including phenoxy) is 1. The maximum atomic E-state index is 11.7. The first-order valence-electron chi connectivity index (χ1n) is 7.23. The second kappa shape index (κ2) is 7.46. The van der Waals surface area contributed by atoms with Crippen LogP contribution < -0.4 is 0 Å². The van der Waals surface area contributed by atoms with Crippen LogP contribution in [0.4, 0.5) is 0 Å². The summed E-state index contributed by atoms with van der Waals surface area (Å²) in [4.78, 5) is 11.3. The van der Waals surface area contributed by atoms with Gasteiger partial charge in [-0.2, -0.15) is 0 Å². The Morgan fingerprint density at radius 1 is 1.40 bits per heavy atom. The van der Waals surface area contributed by atoms with Crippen molar-refractivity contribution in [1.82, 2.24) is 0 Å². The van der Waals surface area contributed by atoms with Crippen LogP contribution >= 0.6 is 27.5 Å². The van der Waals surface area contributed by atoms with Gasteiger partial charge in [0, 0.05) is 5.02 Å². The van der Waals surface area contributed by atoms with Gasteiger partial charge in [0.05, 0.1) is 6.61 Å². The molecule has 0 aromatic heterocycles. The van der Waals surface area contributed by atoms with Gasteiger partial charge in [-0.15, -0.1) is 0 Å². The highest BCUT2D eigenvalue weighted by atomic mass is 79.9. The van der Waals surface area contributed by atoms with E-state index in [4.69, 9.17) is 16.3 Å². The van der Waals surface area contributed by atoms with E-state index in [0.29, 0.717) is 12.5 Å². The third-order valence-electron chi connectivity index (χ3n) is 3.86. The van der Waals surface area contributed by atoms with Gasteiger partial charge in [-0.05, 0) is 42.9 Å². The SMILES string of the molecule is CCOC(=O)C(Br)c1ccc(C2CCCCC2)c(Cl)c1. The van der Waals surface area contributed by atoms with Gasteiger partial charge in [-0.25, -0.2) is 0 Å². The molecule has 1 aromatic rings. The monoisotopic (exact) mass is 358 g/mol. The Balaban J connectivity index is 2.14. The Kier molecular flexibility index (Phi) is 5.91. The van der Waals surface area contributed by atoms with E-state index in [-0.39, 0.29) is 5.97 Å². The summed E-state index contributed by atoms with van der Waals surface area (Å²) in [7, 11) is 0. The molecule has 1 fully saturated rings. The van der Waals surface area contributed by atoms with Crippen LogP contribution in [0.25, 0.3) is 0 Å². The molecule has 2 rings (SSSR count). The molecule has 110 valence electrons. The molecule has 0 amide bonds. The molecule has 20 heavy (non-hydrogen) atoms. The van der Waals surface area contributed by atoms with Crippen LogP contribution in [0.15, 0.2) is 18.2 Å². The van der Waals surface area contributed by atoms with Crippen molar-refractivity contribution in [3.63, 3.8) is 0 Å². The van der Waals surface area contributed by atoms with Gasteiger partial charge < -0.3 is 4.74 Å². The van der Waals surface area contributed by atoms with E-state index >= 15 is 0 Å². The summed E-state index contributed by atoms with van der Waals surface area (Å²) < 4.78 is 5.02. The first-order valence-corrected chi connectivity index (χ1v) is 8.53. The number of alkyl halides is 1. The van der Waals surface area contributed by atoms with Gasteiger partial charge in [-0.3, -0.25) is 4.79 Å². The zero-order chi connectivity index (χ0) is 14.5. The van der Waals surface area contributed by atoms with Crippen LogP contribution in [0.2, 0.25) is 5.02 Å². The minimum Gasteiger partial charge on any atom is -0.465 e. The molecule has 1 aliphatic carbocycles. The Bertz CT molecular complexity index is 470. The zero-order valence-corrected chi connectivity index (χ0v) is 14.0. The van der Waals surface area contributed by atoms with Crippen LogP contribution in [0.1, 0.15) is 60.9 Å².